The third-order valence-corrected chi connectivity index (χ3v) is 3.56. The quantitative estimate of drug-likeness (QED) is 0.349. The van der Waals surface area contributed by atoms with Crippen LogP contribution in [0.5, 0.6) is 23.0 Å². The summed E-state index contributed by atoms with van der Waals surface area (Å²) in [7, 11) is 0. The van der Waals surface area contributed by atoms with E-state index in [1.165, 1.54) is 42.5 Å². The second-order valence-electron chi connectivity index (χ2n) is 5.59. The van der Waals surface area contributed by atoms with E-state index in [4.69, 9.17) is 0 Å². The summed E-state index contributed by atoms with van der Waals surface area (Å²) >= 11 is 0. The minimum absolute atomic E-state index is 0.143. The summed E-state index contributed by atoms with van der Waals surface area (Å²) in [6.07, 6.45) is 2.95. The third-order valence-electron chi connectivity index (χ3n) is 3.56. The highest BCUT2D eigenvalue weighted by atomic mass is 16.3. The molecule has 0 atom stereocenters. The number of allylic oxidation sites excluding steroid dienone is 1. The van der Waals surface area contributed by atoms with Crippen molar-refractivity contribution in [2.45, 2.75) is 19.3 Å². The van der Waals surface area contributed by atoms with Crippen LogP contribution in [0.1, 0.15) is 24.0 Å². The Morgan fingerprint density at radius 2 is 1.48 bits per heavy atom. The van der Waals surface area contributed by atoms with E-state index in [-0.39, 0.29) is 47.4 Å². The van der Waals surface area contributed by atoms with Crippen LogP contribution in [-0.4, -0.2) is 32.0 Å². The van der Waals surface area contributed by atoms with Crippen LogP contribution >= 0.6 is 0 Å². The van der Waals surface area contributed by atoms with E-state index in [1.54, 1.807) is 6.07 Å². The highest BCUT2D eigenvalue weighted by Crippen LogP contribution is 2.26. The van der Waals surface area contributed by atoms with Crippen molar-refractivity contribution in [2.24, 2.45) is 0 Å². The van der Waals surface area contributed by atoms with Crippen LogP contribution in [0, 0.1) is 0 Å². The molecule has 0 amide bonds. The van der Waals surface area contributed by atoms with E-state index in [0.29, 0.717) is 17.5 Å². The first-order valence-electron chi connectivity index (χ1n) is 7.60. The van der Waals surface area contributed by atoms with Crippen LogP contribution in [0.25, 0.3) is 6.08 Å². The van der Waals surface area contributed by atoms with E-state index in [0.717, 1.165) is 0 Å². The molecule has 0 aliphatic heterocycles. The van der Waals surface area contributed by atoms with E-state index in [1.807, 2.05) is 0 Å². The van der Waals surface area contributed by atoms with Crippen molar-refractivity contribution < 1.29 is 30.0 Å². The van der Waals surface area contributed by atoms with Crippen molar-refractivity contribution >= 4 is 17.6 Å². The lowest BCUT2D eigenvalue weighted by molar-refractivity contribution is -0.124. The Kier molecular flexibility index (Phi) is 5.79. The van der Waals surface area contributed by atoms with Gasteiger partial charge < -0.3 is 20.4 Å². The molecule has 0 fully saturated rings. The van der Waals surface area contributed by atoms with Crippen molar-refractivity contribution in [1.29, 1.82) is 0 Å². The lowest BCUT2D eigenvalue weighted by Crippen LogP contribution is -2.06. The van der Waals surface area contributed by atoms with Gasteiger partial charge in [0.1, 0.15) is 5.78 Å². The number of aromatic hydroxyl groups is 4. The topological polar surface area (TPSA) is 115 Å². The Morgan fingerprint density at radius 3 is 2.12 bits per heavy atom. The minimum atomic E-state index is -0.369. The summed E-state index contributed by atoms with van der Waals surface area (Å²) in [6, 6.07) is 8.45. The van der Waals surface area contributed by atoms with Gasteiger partial charge >= 0.3 is 0 Å². The number of phenols is 4. The molecule has 4 N–H and O–H groups in total. The number of ketones is 2. The van der Waals surface area contributed by atoms with Gasteiger partial charge in [-0.25, -0.2) is 0 Å². The number of benzene rings is 2. The van der Waals surface area contributed by atoms with Gasteiger partial charge in [-0.2, -0.15) is 0 Å². The molecule has 0 aromatic heterocycles. The van der Waals surface area contributed by atoms with Gasteiger partial charge in [-0.05, 0) is 47.9 Å². The predicted molar refractivity (Wildman–Crippen MR) is 91.5 cm³/mol. The van der Waals surface area contributed by atoms with E-state index < -0.39 is 0 Å². The van der Waals surface area contributed by atoms with Crippen molar-refractivity contribution in [3.63, 3.8) is 0 Å². The molecule has 2 aromatic carbocycles. The average molecular weight is 342 g/mol. The molecular formula is C19H18O6. The molecule has 0 bridgehead atoms. The summed E-state index contributed by atoms with van der Waals surface area (Å²) in [5, 5.41) is 37.2. The van der Waals surface area contributed by atoms with Crippen molar-refractivity contribution in [3.05, 3.63) is 53.6 Å². The summed E-state index contributed by atoms with van der Waals surface area (Å²) in [6.45, 7) is 0. The Bertz CT molecular complexity index is 823. The molecule has 0 radical (unpaired) electrons. The Hall–Kier alpha value is -3.28. The lowest BCUT2D eigenvalue weighted by Gasteiger charge is -2.03. The zero-order valence-corrected chi connectivity index (χ0v) is 13.3. The summed E-state index contributed by atoms with van der Waals surface area (Å²) in [4.78, 5) is 23.6. The monoisotopic (exact) mass is 342 g/mol. The molecular weight excluding hydrogens is 324 g/mol. The van der Waals surface area contributed by atoms with Gasteiger partial charge in [0.25, 0.3) is 0 Å². The summed E-state index contributed by atoms with van der Waals surface area (Å²) in [5.41, 5.74) is 1.21. The largest absolute Gasteiger partial charge is 0.504 e. The Labute approximate surface area is 144 Å². The van der Waals surface area contributed by atoms with Gasteiger partial charge in [-0.3, -0.25) is 9.59 Å². The second kappa shape index (κ2) is 8.01. The number of rotatable bonds is 7. The standard InChI is InChI=1S/C19H18O6/c20-14(5-1-12-3-7-16(22)18(24)9-12)11-15(21)6-2-13-4-8-17(23)19(25)10-13/h1,3-5,7-10,22-25H,2,6,11H2. The molecule has 0 saturated carbocycles. The van der Waals surface area contributed by atoms with Crippen LogP contribution in [0.15, 0.2) is 42.5 Å². The molecule has 0 aliphatic rings. The van der Waals surface area contributed by atoms with E-state index in [2.05, 4.69) is 0 Å². The molecule has 0 heterocycles. The van der Waals surface area contributed by atoms with Gasteiger partial charge in [0, 0.05) is 6.42 Å². The zero-order chi connectivity index (χ0) is 18.4. The van der Waals surface area contributed by atoms with Crippen LogP contribution in [0.2, 0.25) is 0 Å². The maximum atomic E-state index is 11.8. The fourth-order valence-corrected chi connectivity index (χ4v) is 2.18. The minimum Gasteiger partial charge on any atom is -0.504 e. The van der Waals surface area contributed by atoms with Gasteiger partial charge in [0.15, 0.2) is 28.8 Å². The highest BCUT2D eigenvalue weighted by molar-refractivity contribution is 6.06. The first kappa shape index (κ1) is 18.1. The predicted octanol–water partition coefficient (Wildman–Crippen LogP) is 2.68. The van der Waals surface area contributed by atoms with E-state index in [9.17, 15) is 30.0 Å². The summed E-state index contributed by atoms with van der Waals surface area (Å²) in [5.74, 6) is -1.62. The molecule has 130 valence electrons. The van der Waals surface area contributed by atoms with Gasteiger partial charge in [-0.1, -0.05) is 18.2 Å². The van der Waals surface area contributed by atoms with Gasteiger partial charge in [-0.15, -0.1) is 0 Å². The normalized spacial score (nSPS) is 10.9. The molecule has 25 heavy (non-hydrogen) atoms. The number of phenolic OH excluding ortho intramolecular Hbond substituents is 4. The van der Waals surface area contributed by atoms with Gasteiger partial charge in [0.05, 0.1) is 6.42 Å². The number of carbonyl (C=O) groups is 2. The maximum absolute atomic E-state index is 11.8. The fraction of sp³-hybridized carbons (Fsp3) is 0.158. The highest BCUT2D eigenvalue weighted by Gasteiger charge is 2.09. The van der Waals surface area contributed by atoms with Crippen LogP contribution < -0.4 is 0 Å². The van der Waals surface area contributed by atoms with Crippen LogP contribution in [-0.2, 0) is 16.0 Å². The lowest BCUT2D eigenvalue weighted by atomic mass is 10.0. The Morgan fingerprint density at radius 1 is 0.840 bits per heavy atom. The number of Topliss-reactive ketones (excluding diaryl/α,β-unsaturated/α-hetero) is 1. The Balaban J connectivity index is 1.84. The first-order chi connectivity index (χ1) is 11.8. The third kappa shape index (κ3) is 5.39. The molecule has 0 unspecified atom stereocenters. The maximum Gasteiger partial charge on any atom is 0.163 e. The van der Waals surface area contributed by atoms with E-state index >= 15 is 0 Å². The molecule has 0 spiro atoms. The van der Waals surface area contributed by atoms with Gasteiger partial charge in [0.2, 0.25) is 0 Å². The molecule has 6 nitrogen and oxygen atoms in total. The average Bonchev–Trinajstić information content (AvgIpc) is 2.57. The number of hydrogen-bond donors (Lipinski definition) is 4. The fourth-order valence-electron chi connectivity index (χ4n) is 2.18. The zero-order valence-electron chi connectivity index (χ0n) is 13.3. The van der Waals surface area contributed by atoms with Crippen molar-refractivity contribution in [2.75, 3.05) is 0 Å². The van der Waals surface area contributed by atoms with Crippen molar-refractivity contribution in [3.8, 4) is 23.0 Å². The van der Waals surface area contributed by atoms with Crippen LogP contribution in [0.3, 0.4) is 0 Å². The molecule has 2 rings (SSSR count). The molecule has 0 saturated heterocycles. The number of aryl methyl sites for hydroxylation is 1. The number of carbonyl (C=O) groups excluding carboxylic acids is 2. The first-order valence-corrected chi connectivity index (χ1v) is 7.60. The molecule has 2 aromatic rings. The molecule has 0 aliphatic carbocycles. The van der Waals surface area contributed by atoms with Crippen LogP contribution in [0.4, 0.5) is 0 Å². The summed E-state index contributed by atoms with van der Waals surface area (Å²) < 4.78 is 0. The smallest absolute Gasteiger partial charge is 0.163 e. The van der Waals surface area contributed by atoms with Crippen molar-refractivity contribution in [1.82, 2.24) is 0 Å². The second-order valence-corrected chi connectivity index (χ2v) is 5.59. The number of hydrogen-bond acceptors (Lipinski definition) is 6. The molecule has 6 heteroatoms. The SMILES string of the molecule is O=C(C=Cc1ccc(O)c(O)c1)CC(=O)CCc1ccc(O)c(O)c1.